The van der Waals surface area contributed by atoms with Gasteiger partial charge in [0.25, 0.3) is 5.91 Å². The van der Waals surface area contributed by atoms with Crippen LogP contribution >= 0.6 is 11.8 Å². The molecule has 0 aliphatic heterocycles. The van der Waals surface area contributed by atoms with Crippen LogP contribution in [0.4, 0.5) is 11.4 Å². The van der Waals surface area contributed by atoms with Gasteiger partial charge in [-0.25, -0.2) is 18.4 Å². The molecule has 0 heterocycles. The molecule has 3 rings (SSSR count). The Hall–Kier alpha value is -3.67. The quantitative estimate of drug-likeness (QED) is 0.346. The van der Waals surface area contributed by atoms with Gasteiger partial charge in [0.15, 0.2) is 0 Å². The van der Waals surface area contributed by atoms with Crippen LogP contribution in [-0.2, 0) is 14.8 Å². The third-order valence-corrected chi connectivity index (χ3v) is 6.69. The highest BCUT2D eigenvalue weighted by molar-refractivity contribution is 8.00. The van der Waals surface area contributed by atoms with Gasteiger partial charge in [-0.05, 0) is 67.6 Å². The number of hydrogen-bond donors (Lipinski definition) is 4. The van der Waals surface area contributed by atoms with Crippen molar-refractivity contribution in [2.24, 2.45) is 5.14 Å². The second kappa shape index (κ2) is 10.5. The molecule has 0 aliphatic carbocycles. The summed E-state index contributed by atoms with van der Waals surface area (Å²) in [6, 6.07) is 18.2. The molecule has 3 aromatic carbocycles. The van der Waals surface area contributed by atoms with E-state index in [1.165, 1.54) is 48.2 Å². The maximum absolute atomic E-state index is 12.5. The van der Waals surface area contributed by atoms with E-state index in [1.807, 2.05) is 0 Å². The SMILES string of the molecule is CC(Sc1ccc(NC(=O)c2ccccc2C(=O)O)cc1)C(=O)Nc1ccc(S(N)(=O)=O)cc1. The van der Waals surface area contributed by atoms with Crippen LogP contribution in [0.25, 0.3) is 0 Å². The van der Waals surface area contributed by atoms with Gasteiger partial charge in [0.1, 0.15) is 0 Å². The van der Waals surface area contributed by atoms with Gasteiger partial charge in [0.05, 0.1) is 21.3 Å². The van der Waals surface area contributed by atoms with Crippen LogP contribution in [0.3, 0.4) is 0 Å². The van der Waals surface area contributed by atoms with Gasteiger partial charge in [0.2, 0.25) is 15.9 Å². The van der Waals surface area contributed by atoms with E-state index in [4.69, 9.17) is 5.14 Å². The topological polar surface area (TPSA) is 156 Å². The molecule has 2 amide bonds. The first-order chi connectivity index (χ1) is 16.0. The van der Waals surface area contributed by atoms with Gasteiger partial charge in [-0.1, -0.05) is 12.1 Å². The Morgan fingerprint density at radius 1 is 0.853 bits per heavy atom. The standard InChI is InChI=1S/C23H21N3O6S2/c1-14(21(27)25-16-8-12-18(13-9-16)34(24,31)32)33-17-10-6-15(7-11-17)26-22(28)19-4-2-3-5-20(19)23(29)30/h2-14H,1H3,(H,25,27)(H,26,28)(H,29,30)(H2,24,31,32). The van der Waals surface area contributed by atoms with Crippen molar-refractivity contribution in [1.82, 2.24) is 0 Å². The smallest absolute Gasteiger partial charge is 0.336 e. The lowest BCUT2D eigenvalue weighted by Crippen LogP contribution is -2.22. The van der Waals surface area contributed by atoms with E-state index in [0.29, 0.717) is 11.4 Å². The largest absolute Gasteiger partial charge is 0.478 e. The van der Waals surface area contributed by atoms with Crippen LogP contribution in [0.1, 0.15) is 27.6 Å². The Morgan fingerprint density at radius 2 is 1.38 bits per heavy atom. The number of thioether (sulfide) groups is 1. The van der Waals surface area contributed by atoms with Crippen molar-refractivity contribution < 1.29 is 27.9 Å². The second-order valence-corrected chi connectivity index (χ2v) is 10.1. The van der Waals surface area contributed by atoms with E-state index in [1.54, 1.807) is 43.3 Å². The fourth-order valence-electron chi connectivity index (χ4n) is 2.91. The summed E-state index contributed by atoms with van der Waals surface area (Å²) in [6.07, 6.45) is 0. The van der Waals surface area contributed by atoms with Gasteiger partial charge < -0.3 is 15.7 Å². The normalized spacial score (nSPS) is 11.9. The van der Waals surface area contributed by atoms with Crippen molar-refractivity contribution in [2.45, 2.75) is 22.0 Å². The number of amides is 2. The molecule has 0 aromatic heterocycles. The fraction of sp³-hybridized carbons (Fsp3) is 0.0870. The molecule has 0 fully saturated rings. The van der Waals surface area contributed by atoms with E-state index in [9.17, 15) is 27.9 Å². The number of carboxylic acids is 1. The van der Waals surface area contributed by atoms with Gasteiger partial charge in [-0.2, -0.15) is 0 Å². The molecule has 1 unspecified atom stereocenters. The molecule has 1 atom stereocenters. The molecule has 0 radical (unpaired) electrons. The predicted molar refractivity (Wildman–Crippen MR) is 130 cm³/mol. The summed E-state index contributed by atoms with van der Waals surface area (Å²) in [6.45, 7) is 1.72. The lowest BCUT2D eigenvalue weighted by molar-refractivity contribution is -0.115. The maximum atomic E-state index is 12.5. The first-order valence-electron chi connectivity index (χ1n) is 9.89. The summed E-state index contributed by atoms with van der Waals surface area (Å²) in [5.74, 6) is -2.01. The van der Waals surface area contributed by atoms with E-state index in [0.717, 1.165) is 4.90 Å². The molecule has 9 nitrogen and oxygen atoms in total. The zero-order valence-corrected chi connectivity index (χ0v) is 19.5. The molecule has 3 aromatic rings. The van der Waals surface area contributed by atoms with Crippen LogP contribution in [0.5, 0.6) is 0 Å². The van der Waals surface area contributed by atoms with Gasteiger partial charge >= 0.3 is 5.97 Å². The zero-order valence-electron chi connectivity index (χ0n) is 17.9. The molecular formula is C23H21N3O6S2. The minimum atomic E-state index is -3.81. The number of hydrogen-bond acceptors (Lipinski definition) is 6. The van der Waals surface area contributed by atoms with Crippen molar-refractivity contribution in [3.63, 3.8) is 0 Å². The van der Waals surface area contributed by atoms with Crippen LogP contribution < -0.4 is 15.8 Å². The Kier molecular flexibility index (Phi) is 7.72. The highest BCUT2D eigenvalue weighted by Gasteiger charge is 2.17. The second-order valence-electron chi connectivity index (χ2n) is 7.15. The summed E-state index contributed by atoms with van der Waals surface area (Å²) in [5.41, 5.74) is 0.869. The molecule has 11 heteroatoms. The molecule has 0 spiro atoms. The number of rotatable bonds is 8. The van der Waals surface area contributed by atoms with Crippen molar-refractivity contribution >= 4 is 50.9 Å². The lowest BCUT2D eigenvalue weighted by atomic mass is 10.1. The van der Waals surface area contributed by atoms with Gasteiger partial charge in [-0.15, -0.1) is 11.8 Å². The molecule has 0 saturated carbocycles. The number of nitrogens with two attached hydrogens (primary N) is 1. The van der Waals surface area contributed by atoms with E-state index in [-0.39, 0.29) is 21.9 Å². The number of carbonyl (C=O) groups is 3. The van der Waals surface area contributed by atoms with Crippen LogP contribution in [-0.4, -0.2) is 36.6 Å². The molecule has 176 valence electrons. The van der Waals surface area contributed by atoms with Crippen molar-refractivity contribution in [3.8, 4) is 0 Å². The third kappa shape index (κ3) is 6.44. The Labute approximate surface area is 200 Å². The number of benzene rings is 3. The highest BCUT2D eigenvalue weighted by Crippen LogP contribution is 2.26. The number of anilines is 2. The predicted octanol–water partition coefficient (Wildman–Crippen LogP) is 3.40. The summed E-state index contributed by atoms with van der Waals surface area (Å²) in [5, 5.41) is 19.2. The van der Waals surface area contributed by atoms with Crippen molar-refractivity contribution in [2.75, 3.05) is 10.6 Å². The zero-order chi connectivity index (χ0) is 24.9. The number of aromatic carboxylic acids is 1. The third-order valence-electron chi connectivity index (χ3n) is 4.65. The molecule has 0 saturated heterocycles. The number of nitrogens with one attached hydrogen (secondary N) is 2. The first kappa shape index (κ1) is 25.0. The number of carboxylic acid groups (broad SMARTS) is 1. The molecular weight excluding hydrogens is 478 g/mol. The first-order valence-corrected chi connectivity index (χ1v) is 12.3. The molecule has 34 heavy (non-hydrogen) atoms. The van der Waals surface area contributed by atoms with E-state index >= 15 is 0 Å². The lowest BCUT2D eigenvalue weighted by Gasteiger charge is -2.13. The fourth-order valence-corrected chi connectivity index (χ4v) is 4.30. The van der Waals surface area contributed by atoms with Crippen molar-refractivity contribution in [3.05, 3.63) is 83.9 Å². The summed E-state index contributed by atoms with van der Waals surface area (Å²) >= 11 is 1.29. The summed E-state index contributed by atoms with van der Waals surface area (Å²) in [7, 11) is -3.81. The maximum Gasteiger partial charge on any atom is 0.336 e. The Bertz CT molecular complexity index is 1320. The van der Waals surface area contributed by atoms with Crippen LogP contribution in [0, 0.1) is 0 Å². The average Bonchev–Trinajstić information content (AvgIpc) is 2.80. The summed E-state index contributed by atoms with van der Waals surface area (Å²) in [4.78, 5) is 37.0. The van der Waals surface area contributed by atoms with Gasteiger partial charge in [-0.3, -0.25) is 9.59 Å². The van der Waals surface area contributed by atoms with Crippen LogP contribution in [0.15, 0.2) is 82.6 Å². The highest BCUT2D eigenvalue weighted by atomic mass is 32.2. The molecule has 0 aliphatic rings. The minimum absolute atomic E-state index is 0.0495. The summed E-state index contributed by atoms with van der Waals surface area (Å²) < 4.78 is 22.6. The Balaban J connectivity index is 1.59. The molecule has 0 bridgehead atoms. The Morgan fingerprint density at radius 3 is 1.94 bits per heavy atom. The monoisotopic (exact) mass is 499 g/mol. The average molecular weight is 500 g/mol. The van der Waals surface area contributed by atoms with E-state index < -0.39 is 27.1 Å². The van der Waals surface area contributed by atoms with Crippen LogP contribution in [0.2, 0.25) is 0 Å². The van der Waals surface area contributed by atoms with Gasteiger partial charge in [0, 0.05) is 16.3 Å². The van der Waals surface area contributed by atoms with E-state index in [2.05, 4.69) is 10.6 Å². The number of primary sulfonamides is 1. The molecule has 5 N–H and O–H groups in total. The number of carbonyl (C=O) groups excluding carboxylic acids is 2. The van der Waals surface area contributed by atoms with Crippen molar-refractivity contribution in [1.29, 1.82) is 0 Å². The minimum Gasteiger partial charge on any atom is -0.478 e. The number of sulfonamides is 1.